The molecule has 1 aromatic rings. The zero-order valence-corrected chi connectivity index (χ0v) is 21.6. The summed E-state index contributed by atoms with van der Waals surface area (Å²) in [6.07, 6.45) is 27.9. The highest BCUT2D eigenvalue weighted by molar-refractivity contribution is 5.31. The first-order valence-electron chi connectivity index (χ1n) is 14.8. The molecule has 0 nitrogen and oxygen atoms in total. The third-order valence-corrected chi connectivity index (χ3v) is 10.1. The fourth-order valence-electron chi connectivity index (χ4n) is 8.28. The van der Waals surface area contributed by atoms with Gasteiger partial charge < -0.3 is 0 Å². The van der Waals surface area contributed by atoms with Crippen molar-refractivity contribution < 1.29 is 0 Å². The van der Waals surface area contributed by atoms with Crippen LogP contribution in [0.15, 0.2) is 24.3 Å². The average Bonchev–Trinajstić information content (AvgIpc) is 2.85. The van der Waals surface area contributed by atoms with E-state index in [1.54, 1.807) is 11.1 Å². The number of benzene rings is 1. The van der Waals surface area contributed by atoms with Crippen molar-refractivity contribution in [1.29, 1.82) is 0 Å². The van der Waals surface area contributed by atoms with Crippen LogP contribution in [-0.2, 0) is 6.42 Å². The van der Waals surface area contributed by atoms with E-state index in [4.69, 9.17) is 0 Å². The van der Waals surface area contributed by atoms with Crippen LogP contribution < -0.4 is 0 Å². The maximum Gasteiger partial charge on any atom is -0.0159 e. The second-order valence-corrected chi connectivity index (χ2v) is 12.2. The minimum Gasteiger partial charge on any atom is -0.0654 e. The topological polar surface area (TPSA) is 0 Å². The van der Waals surface area contributed by atoms with E-state index in [2.05, 4.69) is 38.1 Å². The molecule has 0 atom stereocenters. The molecule has 3 saturated carbocycles. The number of hydrogen-bond donors (Lipinski definition) is 0. The Bertz CT molecular complexity index is 645. The first-order valence-corrected chi connectivity index (χ1v) is 14.8. The smallest absolute Gasteiger partial charge is 0.0159 e. The molecule has 0 bridgehead atoms. The lowest BCUT2D eigenvalue weighted by Crippen LogP contribution is -2.26. The van der Waals surface area contributed by atoms with Gasteiger partial charge >= 0.3 is 0 Å². The van der Waals surface area contributed by atoms with Crippen molar-refractivity contribution in [3.8, 4) is 0 Å². The van der Waals surface area contributed by atoms with Crippen molar-refractivity contribution in [3.05, 3.63) is 35.4 Å². The SMILES string of the molecule is CCCC1CCC(C2CCC(c3ccccc3CCC3(CCC)CCCCC3)CC2)CC1. The first kappa shape index (κ1) is 24.3. The molecule has 0 aliphatic heterocycles. The van der Waals surface area contributed by atoms with Crippen LogP contribution >= 0.6 is 0 Å². The number of aryl methyl sites for hydroxylation is 1. The molecule has 4 rings (SSSR count). The Morgan fingerprint density at radius 1 is 0.719 bits per heavy atom. The molecule has 0 heteroatoms. The summed E-state index contributed by atoms with van der Waals surface area (Å²) in [6.45, 7) is 4.77. The van der Waals surface area contributed by atoms with Crippen LogP contribution in [0.3, 0.4) is 0 Å². The quantitative estimate of drug-likeness (QED) is 0.361. The van der Waals surface area contributed by atoms with E-state index in [0.29, 0.717) is 5.41 Å². The molecule has 0 saturated heterocycles. The lowest BCUT2D eigenvalue weighted by Gasteiger charge is -2.39. The monoisotopic (exact) mass is 436 g/mol. The summed E-state index contributed by atoms with van der Waals surface area (Å²) in [5.41, 5.74) is 4.10. The van der Waals surface area contributed by atoms with Crippen molar-refractivity contribution in [2.45, 2.75) is 142 Å². The van der Waals surface area contributed by atoms with E-state index in [1.165, 1.54) is 122 Å². The summed E-state index contributed by atoms with van der Waals surface area (Å²) >= 11 is 0. The van der Waals surface area contributed by atoms with Gasteiger partial charge in [0.25, 0.3) is 0 Å². The second-order valence-electron chi connectivity index (χ2n) is 12.2. The van der Waals surface area contributed by atoms with E-state index in [0.717, 1.165) is 23.7 Å². The van der Waals surface area contributed by atoms with Gasteiger partial charge in [0.2, 0.25) is 0 Å². The molecule has 0 amide bonds. The van der Waals surface area contributed by atoms with Gasteiger partial charge in [-0.15, -0.1) is 0 Å². The van der Waals surface area contributed by atoms with Gasteiger partial charge in [0.1, 0.15) is 0 Å². The minimum absolute atomic E-state index is 0.661. The van der Waals surface area contributed by atoms with Gasteiger partial charge in [0.15, 0.2) is 0 Å². The van der Waals surface area contributed by atoms with E-state index in [-0.39, 0.29) is 0 Å². The van der Waals surface area contributed by atoms with Gasteiger partial charge in [-0.25, -0.2) is 0 Å². The molecule has 0 spiro atoms. The van der Waals surface area contributed by atoms with Crippen molar-refractivity contribution in [3.63, 3.8) is 0 Å². The van der Waals surface area contributed by atoms with Gasteiger partial charge in [0, 0.05) is 0 Å². The third-order valence-electron chi connectivity index (χ3n) is 10.1. The average molecular weight is 437 g/mol. The summed E-state index contributed by atoms with van der Waals surface area (Å²) in [4.78, 5) is 0. The fraction of sp³-hybridized carbons (Fsp3) is 0.812. The molecule has 3 fully saturated rings. The van der Waals surface area contributed by atoms with Crippen molar-refractivity contribution in [2.24, 2.45) is 23.2 Å². The number of rotatable bonds is 9. The van der Waals surface area contributed by atoms with Gasteiger partial charge in [-0.3, -0.25) is 0 Å². The Kier molecular flexibility index (Phi) is 9.19. The third kappa shape index (κ3) is 6.21. The Morgan fingerprint density at radius 2 is 1.38 bits per heavy atom. The van der Waals surface area contributed by atoms with Gasteiger partial charge in [-0.1, -0.05) is 89.5 Å². The van der Waals surface area contributed by atoms with E-state index < -0.39 is 0 Å². The largest absolute Gasteiger partial charge is 0.0654 e. The summed E-state index contributed by atoms with van der Waals surface area (Å²) in [6, 6.07) is 9.62. The Balaban J connectivity index is 1.31. The molecule has 0 aromatic heterocycles. The molecule has 32 heavy (non-hydrogen) atoms. The first-order chi connectivity index (χ1) is 15.7. The molecule has 0 heterocycles. The standard InChI is InChI=1S/C32H52/c1-3-10-26-13-15-27(16-14-26)28-17-19-30(20-18-28)31-12-7-6-11-29(31)21-25-32(22-4-2)23-8-5-9-24-32/h6-7,11-12,26-28,30H,3-5,8-10,13-25H2,1-2H3. The summed E-state index contributed by atoms with van der Waals surface area (Å²) < 4.78 is 0. The number of hydrogen-bond acceptors (Lipinski definition) is 0. The van der Waals surface area contributed by atoms with Crippen LogP contribution in [0.25, 0.3) is 0 Å². The summed E-state index contributed by atoms with van der Waals surface area (Å²) in [5.74, 6) is 3.99. The Labute approximate surface area is 200 Å². The lowest BCUT2D eigenvalue weighted by atomic mass is 9.66. The zero-order valence-electron chi connectivity index (χ0n) is 21.6. The lowest BCUT2D eigenvalue weighted by molar-refractivity contribution is 0.153. The Hall–Kier alpha value is -0.780. The van der Waals surface area contributed by atoms with Gasteiger partial charge in [-0.05, 0) is 111 Å². The van der Waals surface area contributed by atoms with Crippen LogP contribution in [-0.4, -0.2) is 0 Å². The van der Waals surface area contributed by atoms with Gasteiger partial charge in [-0.2, -0.15) is 0 Å². The highest BCUT2D eigenvalue weighted by Crippen LogP contribution is 2.47. The van der Waals surface area contributed by atoms with Crippen molar-refractivity contribution >= 4 is 0 Å². The predicted molar refractivity (Wildman–Crippen MR) is 140 cm³/mol. The maximum absolute atomic E-state index is 2.50. The molecule has 0 unspecified atom stereocenters. The van der Waals surface area contributed by atoms with Crippen LogP contribution in [0, 0.1) is 23.2 Å². The predicted octanol–water partition coefficient (Wildman–Crippen LogP) is 10.3. The Morgan fingerprint density at radius 3 is 2.03 bits per heavy atom. The van der Waals surface area contributed by atoms with Crippen LogP contribution in [0.2, 0.25) is 0 Å². The summed E-state index contributed by atoms with van der Waals surface area (Å²) in [5, 5.41) is 0. The molecule has 3 aliphatic carbocycles. The highest BCUT2D eigenvalue weighted by Gasteiger charge is 2.33. The molecule has 0 N–H and O–H groups in total. The minimum atomic E-state index is 0.661. The molecule has 1 aromatic carbocycles. The molecule has 180 valence electrons. The highest BCUT2D eigenvalue weighted by atomic mass is 14.4. The second kappa shape index (κ2) is 12.1. The van der Waals surface area contributed by atoms with Crippen LogP contribution in [0.5, 0.6) is 0 Å². The zero-order chi connectivity index (χ0) is 22.2. The van der Waals surface area contributed by atoms with E-state index in [1.807, 2.05) is 0 Å². The molecule has 0 radical (unpaired) electrons. The molecular weight excluding hydrogens is 384 g/mol. The fourth-order valence-corrected chi connectivity index (χ4v) is 8.28. The molecular formula is C32H52. The normalized spacial score (nSPS) is 30.8. The maximum atomic E-state index is 2.50. The van der Waals surface area contributed by atoms with Crippen LogP contribution in [0.1, 0.15) is 146 Å². The molecule has 3 aliphatic rings. The van der Waals surface area contributed by atoms with Crippen molar-refractivity contribution in [1.82, 2.24) is 0 Å². The van der Waals surface area contributed by atoms with Crippen LogP contribution in [0.4, 0.5) is 0 Å². The van der Waals surface area contributed by atoms with Crippen molar-refractivity contribution in [2.75, 3.05) is 0 Å². The summed E-state index contributed by atoms with van der Waals surface area (Å²) in [7, 11) is 0. The van der Waals surface area contributed by atoms with E-state index >= 15 is 0 Å². The van der Waals surface area contributed by atoms with Gasteiger partial charge in [0.05, 0.1) is 0 Å². The van der Waals surface area contributed by atoms with E-state index in [9.17, 15) is 0 Å².